The van der Waals surface area contributed by atoms with Crippen molar-refractivity contribution in [1.82, 2.24) is 8.75 Å². The van der Waals surface area contributed by atoms with E-state index in [0.717, 1.165) is 23.9 Å². The first-order valence-corrected chi connectivity index (χ1v) is 4.89. The summed E-state index contributed by atoms with van der Waals surface area (Å²) in [5.41, 5.74) is 6.82. The van der Waals surface area contributed by atoms with Gasteiger partial charge in [-0.3, -0.25) is 0 Å². The minimum atomic E-state index is -0.911. The molecule has 0 saturated carbocycles. The summed E-state index contributed by atoms with van der Waals surface area (Å²) in [6.07, 6.45) is 1.51. The summed E-state index contributed by atoms with van der Waals surface area (Å²) in [6.45, 7) is 0. The van der Waals surface area contributed by atoms with Gasteiger partial charge in [0, 0.05) is 0 Å². The molecule has 1 atom stereocenters. The van der Waals surface area contributed by atoms with Gasteiger partial charge in [-0.2, -0.15) is 8.75 Å². The van der Waals surface area contributed by atoms with Crippen molar-refractivity contribution in [3.8, 4) is 0 Å². The van der Waals surface area contributed by atoms with E-state index >= 15 is 0 Å². The van der Waals surface area contributed by atoms with E-state index in [1.165, 1.54) is 12.3 Å². The Balaban J connectivity index is 2.34. The summed E-state index contributed by atoms with van der Waals surface area (Å²) in [5, 5.41) is 0. The van der Waals surface area contributed by atoms with Crippen LogP contribution in [0.25, 0.3) is 0 Å². The highest BCUT2D eigenvalue weighted by Crippen LogP contribution is 2.19. The molecule has 2 rings (SSSR count). The molecule has 1 aromatic carbocycles. The van der Waals surface area contributed by atoms with E-state index in [1.54, 1.807) is 0 Å². The lowest BCUT2D eigenvalue weighted by Gasteiger charge is -2.08. The second-order valence-corrected chi connectivity index (χ2v) is 3.54. The number of aromatic nitrogens is 2. The minimum Gasteiger partial charge on any atom is -0.319 e. The molecule has 1 heterocycles. The Hall–Kier alpha value is -1.40. The molecule has 0 fully saturated rings. The van der Waals surface area contributed by atoms with Gasteiger partial charge in [-0.15, -0.1) is 0 Å². The van der Waals surface area contributed by atoms with Crippen molar-refractivity contribution >= 4 is 11.7 Å². The van der Waals surface area contributed by atoms with Crippen LogP contribution in [-0.4, -0.2) is 8.75 Å². The van der Waals surface area contributed by atoms with E-state index in [2.05, 4.69) is 8.75 Å². The molecular formula is C9H7F2N3S. The number of hydrogen-bond donors (Lipinski definition) is 1. The normalized spacial score (nSPS) is 12.7. The second kappa shape index (κ2) is 4.00. The van der Waals surface area contributed by atoms with Crippen molar-refractivity contribution < 1.29 is 8.78 Å². The number of benzene rings is 1. The third-order valence-electron chi connectivity index (χ3n) is 2.00. The lowest BCUT2D eigenvalue weighted by molar-refractivity contribution is 0.506. The molecule has 2 aromatic rings. The third-order valence-corrected chi connectivity index (χ3v) is 2.49. The Morgan fingerprint density at radius 3 is 2.67 bits per heavy atom. The Morgan fingerprint density at radius 1 is 1.27 bits per heavy atom. The van der Waals surface area contributed by atoms with Gasteiger partial charge in [0.25, 0.3) is 0 Å². The highest BCUT2D eigenvalue weighted by Gasteiger charge is 2.13. The number of rotatable bonds is 2. The minimum absolute atomic E-state index is 0.474. The fourth-order valence-electron chi connectivity index (χ4n) is 1.19. The summed E-state index contributed by atoms with van der Waals surface area (Å²) in [4.78, 5) is 0. The molecular weight excluding hydrogens is 220 g/mol. The van der Waals surface area contributed by atoms with Gasteiger partial charge >= 0.3 is 0 Å². The molecule has 1 unspecified atom stereocenters. The Bertz CT molecular complexity index is 458. The maximum Gasteiger partial charge on any atom is 0.159 e. The largest absolute Gasteiger partial charge is 0.319 e. The molecule has 0 bridgehead atoms. The van der Waals surface area contributed by atoms with Crippen LogP contribution in [-0.2, 0) is 0 Å². The van der Waals surface area contributed by atoms with Crippen molar-refractivity contribution in [2.75, 3.05) is 0 Å². The van der Waals surface area contributed by atoms with Gasteiger partial charge in [-0.1, -0.05) is 6.07 Å². The van der Waals surface area contributed by atoms with Crippen LogP contribution in [0.15, 0.2) is 24.4 Å². The fraction of sp³-hybridized carbons (Fsp3) is 0.111. The topological polar surface area (TPSA) is 51.8 Å². The highest BCUT2D eigenvalue weighted by molar-refractivity contribution is 6.99. The van der Waals surface area contributed by atoms with Gasteiger partial charge < -0.3 is 5.73 Å². The van der Waals surface area contributed by atoms with E-state index in [4.69, 9.17) is 5.73 Å². The van der Waals surface area contributed by atoms with Crippen LogP contribution in [0, 0.1) is 11.6 Å². The monoisotopic (exact) mass is 227 g/mol. The fourth-order valence-corrected chi connectivity index (χ4v) is 1.64. The summed E-state index contributed by atoms with van der Waals surface area (Å²) >= 11 is 1.02. The first-order valence-electron chi connectivity index (χ1n) is 4.16. The summed E-state index contributed by atoms with van der Waals surface area (Å²) in [7, 11) is 0. The van der Waals surface area contributed by atoms with Gasteiger partial charge in [0.1, 0.15) is 0 Å². The molecule has 1 aromatic heterocycles. The molecule has 3 nitrogen and oxygen atoms in total. The molecule has 15 heavy (non-hydrogen) atoms. The average molecular weight is 227 g/mol. The summed E-state index contributed by atoms with van der Waals surface area (Å²) < 4.78 is 33.3. The first-order chi connectivity index (χ1) is 7.18. The molecule has 0 aliphatic heterocycles. The predicted molar refractivity (Wildman–Crippen MR) is 52.3 cm³/mol. The van der Waals surface area contributed by atoms with Gasteiger partial charge in [-0.05, 0) is 17.7 Å². The molecule has 0 aliphatic rings. The molecule has 0 radical (unpaired) electrons. The van der Waals surface area contributed by atoms with Crippen molar-refractivity contribution in [1.29, 1.82) is 0 Å². The zero-order valence-corrected chi connectivity index (χ0v) is 8.34. The second-order valence-electron chi connectivity index (χ2n) is 2.98. The molecule has 2 N–H and O–H groups in total. The number of hydrogen-bond acceptors (Lipinski definition) is 4. The molecule has 78 valence electrons. The van der Waals surface area contributed by atoms with Gasteiger partial charge in [0.05, 0.1) is 29.7 Å². The predicted octanol–water partition coefficient (Wildman–Crippen LogP) is 1.86. The number of nitrogens with zero attached hydrogens (tertiary/aromatic N) is 2. The van der Waals surface area contributed by atoms with Crippen LogP contribution in [0.1, 0.15) is 17.3 Å². The highest BCUT2D eigenvalue weighted by atomic mass is 32.1. The van der Waals surface area contributed by atoms with Crippen LogP contribution >= 0.6 is 11.7 Å². The lowest BCUT2D eigenvalue weighted by Crippen LogP contribution is -2.12. The van der Waals surface area contributed by atoms with Crippen LogP contribution < -0.4 is 5.73 Å². The van der Waals surface area contributed by atoms with Crippen LogP contribution in [0.2, 0.25) is 0 Å². The Kier molecular flexibility index (Phi) is 2.70. The molecule has 0 spiro atoms. The van der Waals surface area contributed by atoms with Crippen molar-refractivity contribution in [2.24, 2.45) is 5.73 Å². The lowest BCUT2D eigenvalue weighted by atomic mass is 10.1. The number of halogens is 2. The van der Waals surface area contributed by atoms with E-state index < -0.39 is 17.7 Å². The van der Waals surface area contributed by atoms with Gasteiger partial charge in [0.2, 0.25) is 0 Å². The molecule has 0 aliphatic carbocycles. The molecule has 0 amide bonds. The number of nitrogens with two attached hydrogens (primary N) is 1. The maximum atomic E-state index is 12.9. The molecule has 0 saturated heterocycles. The summed E-state index contributed by atoms with van der Waals surface area (Å²) in [6, 6.07) is 2.98. The standard InChI is InChI=1S/C9H7F2N3S/c10-6-2-1-5(3-7(6)11)9(12)8-4-13-15-14-8/h1-4,9H,12H2. The van der Waals surface area contributed by atoms with Crippen LogP contribution in [0.4, 0.5) is 8.78 Å². The van der Waals surface area contributed by atoms with Gasteiger partial charge in [0.15, 0.2) is 11.6 Å². The van der Waals surface area contributed by atoms with Crippen molar-refractivity contribution in [2.45, 2.75) is 6.04 Å². The SMILES string of the molecule is NC(c1ccc(F)c(F)c1)c1cnsn1. The van der Waals surface area contributed by atoms with Gasteiger partial charge in [-0.25, -0.2) is 8.78 Å². The quantitative estimate of drug-likeness (QED) is 0.852. The van der Waals surface area contributed by atoms with Crippen LogP contribution in [0.3, 0.4) is 0 Å². The van der Waals surface area contributed by atoms with E-state index in [-0.39, 0.29) is 0 Å². The Morgan fingerprint density at radius 2 is 2.07 bits per heavy atom. The third kappa shape index (κ3) is 2.00. The van der Waals surface area contributed by atoms with Crippen molar-refractivity contribution in [3.05, 3.63) is 47.3 Å². The van der Waals surface area contributed by atoms with E-state index in [9.17, 15) is 8.78 Å². The smallest absolute Gasteiger partial charge is 0.159 e. The van der Waals surface area contributed by atoms with E-state index in [0.29, 0.717) is 11.3 Å². The first kappa shape index (κ1) is 10.1. The maximum absolute atomic E-state index is 12.9. The average Bonchev–Trinajstić information content (AvgIpc) is 2.74. The zero-order chi connectivity index (χ0) is 10.8. The van der Waals surface area contributed by atoms with E-state index in [1.807, 2.05) is 0 Å². The Labute approximate surface area is 88.9 Å². The zero-order valence-electron chi connectivity index (χ0n) is 7.52. The molecule has 6 heteroatoms. The van der Waals surface area contributed by atoms with Crippen LogP contribution in [0.5, 0.6) is 0 Å². The van der Waals surface area contributed by atoms with Crippen molar-refractivity contribution in [3.63, 3.8) is 0 Å². The summed E-state index contributed by atoms with van der Waals surface area (Å²) in [5.74, 6) is -1.80.